The van der Waals surface area contributed by atoms with E-state index in [1.165, 1.54) is 0 Å². The molecule has 132 valence electrons. The standard InChI is InChI=1S/C17H17ClFN3O3/c18-10-2-1-3-11-13(10)14(19)15(20-11)17(24)22-7-5-21(6-8-22)16(23)12-4-9-25-12/h1-3,12,20H,4-9H2/t12-/m1/s1. The second kappa shape index (κ2) is 6.31. The summed E-state index contributed by atoms with van der Waals surface area (Å²) in [4.78, 5) is 30.9. The Hall–Kier alpha value is -2.12. The summed E-state index contributed by atoms with van der Waals surface area (Å²) in [5.41, 5.74) is 0.398. The number of benzene rings is 1. The Labute approximate surface area is 148 Å². The number of aromatic amines is 1. The van der Waals surface area contributed by atoms with Crippen molar-refractivity contribution in [3.05, 3.63) is 34.7 Å². The van der Waals surface area contributed by atoms with E-state index in [-0.39, 0.29) is 28.1 Å². The Kier molecular flexibility index (Phi) is 4.13. The van der Waals surface area contributed by atoms with Crippen LogP contribution in [0.5, 0.6) is 0 Å². The van der Waals surface area contributed by atoms with Gasteiger partial charge < -0.3 is 19.5 Å². The summed E-state index contributed by atoms with van der Waals surface area (Å²) in [5.74, 6) is -1.08. The Bertz CT molecular complexity index is 841. The maximum absolute atomic E-state index is 14.6. The number of H-pyrrole nitrogens is 1. The summed E-state index contributed by atoms with van der Waals surface area (Å²) in [6, 6.07) is 4.96. The van der Waals surface area contributed by atoms with Crippen LogP contribution in [0.25, 0.3) is 10.9 Å². The number of amides is 2. The first-order valence-electron chi connectivity index (χ1n) is 8.21. The molecule has 2 aromatic rings. The number of hydrogen-bond donors (Lipinski definition) is 1. The van der Waals surface area contributed by atoms with Crippen LogP contribution in [0.2, 0.25) is 5.02 Å². The highest BCUT2D eigenvalue weighted by Gasteiger charge is 2.34. The molecule has 3 heterocycles. The molecule has 0 spiro atoms. The highest BCUT2D eigenvalue weighted by atomic mass is 35.5. The van der Waals surface area contributed by atoms with Crippen LogP contribution in [0.4, 0.5) is 4.39 Å². The fourth-order valence-electron chi connectivity index (χ4n) is 3.24. The van der Waals surface area contributed by atoms with Gasteiger partial charge in [0.25, 0.3) is 11.8 Å². The summed E-state index contributed by atoms with van der Waals surface area (Å²) >= 11 is 6.03. The van der Waals surface area contributed by atoms with Crippen LogP contribution in [-0.2, 0) is 9.53 Å². The number of hydrogen-bond acceptors (Lipinski definition) is 3. The van der Waals surface area contributed by atoms with E-state index in [2.05, 4.69) is 4.98 Å². The highest BCUT2D eigenvalue weighted by molar-refractivity contribution is 6.35. The number of nitrogens with zero attached hydrogens (tertiary/aromatic N) is 2. The van der Waals surface area contributed by atoms with Gasteiger partial charge in [-0.3, -0.25) is 9.59 Å². The summed E-state index contributed by atoms with van der Waals surface area (Å²) < 4.78 is 19.8. The van der Waals surface area contributed by atoms with Gasteiger partial charge in [0.15, 0.2) is 5.82 Å². The van der Waals surface area contributed by atoms with E-state index in [1.807, 2.05) is 0 Å². The maximum Gasteiger partial charge on any atom is 0.273 e. The molecule has 2 saturated heterocycles. The highest BCUT2D eigenvalue weighted by Crippen LogP contribution is 2.28. The molecule has 1 atom stereocenters. The Morgan fingerprint density at radius 1 is 1.20 bits per heavy atom. The van der Waals surface area contributed by atoms with Crippen LogP contribution in [0.1, 0.15) is 16.9 Å². The van der Waals surface area contributed by atoms with Gasteiger partial charge in [0.1, 0.15) is 11.8 Å². The molecule has 4 rings (SSSR count). The number of fused-ring (bicyclic) bond motifs is 1. The third kappa shape index (κ3) is 2.77. The van der Waals surface area contributed by atoms with Crippen LogP contribution < -0.4 is 0 Å². The average molecular weight is 366 g/mol. The number of rotatable bonds is 2. The third-order valence-corrected chi connectivity index (χ3v) is 5.09. The van der Waals surface area contributed by atoms with Crippen LogP contribution in [0.3, 0.4) is 0 Å². The lowest BCUT2D eigenvalue weighted by molar-refractivity contribution is -0.157. The first kappa shape index (κ1) is 16.4. The molecule has 2 fully saturated rings. The van der Waals surface area contributed by atoms with Gasteiger partial charge in [-0.15, -0.1) is 0 Å². The van der Waals surface area contributed by atoms with Crippen LogP contribution in [0.15, 0.2) is 18.2 Å². The molecular formula is C17H17ClFN3O3. The summed E-state index contributed by atoms with van der Waals surface area (Å²) in [6.45, 7) is 2.19. The zero-order chi connectivity index (χ0) is 17.6. The quantitative estimate of drug-likeness (QED) is 0.885. The first-order valence-corrected chi connectivity index (χ1v) is 8.59. The molecule has 6 nitrogen and oxygen atoms in total. The minimum atomic E-state index is -0.632. The van der Waals surface area contributed by atoms with E-state index in [0.717, 1.165) is 6.42 Å². The molecule has 1 N–H and O–H groups in total. The number of aromatic nitrogens is 1. The van der Waals surface area contributed by atoms with Crippen LogP contribution in [0, 0.1) is 5.82 Å². The monoisotopic (exact) mass is 365 g/mol. The predicted octanol–water partition coefficient (Wildman–Crippen LogP) is 2.03. The van der Waals surface area contributed by atoms with Gasteiger partial charge in [-0.05, 0) is 12.1 Å². The summed E-state index contributed by atoms with van der Waals surface area (Å²) in [5, 5.41) is 0.490. The summed E-state index contributed by atoms with van der Waals surface area (Å²) in [6.07, 6.45) is 0.412. The topological polar surface area (TPSA) is 65.6 Å². The number of halogens is 2. The lowest BCUT2D eigenvalue weighted by Gasteiger charge is -2.38. The molecule has 1 aromatic carbocycles. The molecule has 25 heavy (non-hydrogen) atoms. The Morgan fingerprint density at radius 3 is 2.48 bits per heavy atom. The van der Waals surface area contributed by atoms with Crippen LogP contribution >= 0.6 is 11.6 Å². The largest absolute Gasteiger partial charge is 0.368 e. The molecule has 2 aliphatic rings. The molecule has 0 saturated carbocycles. The SMILES string of the molecule is O=C(c1[nH]c2cccc(Cl)c2c1F)N1CCN(C(=O)[C@H]2CCO2)CC1. The van der Waals surface area contributed by atoms with Gasteiger partial charge in [-0.1, -0.05) is 17.7 Å². The fraction of sp³-hybridized carbons (Fsp3) is 0.412. The Morgan fingerprint density at radius 2 is 1.88 bits per heavy atom. The number of piperazine rings is 1. The van der Waals surface area contributed by atoms with Gasteiger partial charge in [-0.25, -0.2) is 4.39 Å². The normalized spacial score (nSPS) is 20.6. The minimum absolute atomic E-state index is 0.0260. The molecule has 2 amide bonds. The van der Waals surface area contributed by atoms with E-state index >= 15 is 0 Å². The van der Waals surface area contributed by atoms with Crippen molar-refractivity contribution in [3.8, 4) is 0 Å². The number of carbonyl (C=O) groups is 2. The van der Waals surface area contributed by atoms with E-state index in [4.69, 9.17) is 16.3 Å². The van der Waals surface area contributed by atoms with E-state index < -0.39 is 11.7 Å². The maximum atomic E-state index is 14.6. The van der Waals surface area contributed by atoms with Gasteiger partial charge >= 0.3 is 0 Å². The van der Waals surface area contributed by atoms with Crippen molar-refractivity contribution in [2.24, 2.45) is 0 Å². The number of carbonyl (C=O) groups excluding carboxylic acids is 2. The first-order chi connectivity index (χ1) is 12.1. The van der Waals surface area contributed by atoms with Crippen molar-refractivity contribution in [3.63, 3.8) is 0 Å². The van der Waals surface area contributed by atoms with Crippen molar-refractivity contribution in [2.75, 3.05) is 32.8 Å². The van der Waals surface area contributed by atoms with Crippen molar-refractivity contribution >= 4 is 34.3 Å². The van der Waals surface area contributed by atoms with Gasteiger partial charge in [0, 0.05) is 32.6 Å². The molecule has 2 aliphatic heterocycles. The Balaban J connectivity index is 1.48. The molecule has 1 aromatic heterocycles. The number of nitrogens with one attached hydrogen (secondary N) is 1. The van der Waals surface area contributed by atoms with Gasteiger partial charge in [-0.2, -0.15) is 0 Å². The molecule has 0 unspecified atom stereocenters. The second-order valence-electron chi connectivity index (χ2n) is 6.24. The predicted molar refractivity (Wildman–Crippen MR) is 90.1 cm³/mol. The molecule has 8 heteroatoms. The third-order valence-electron chi connectivity index (χ3n) is 4.78. The van der Waals surface area contributed by atoms with Gasteiger partial charge in [0.2, 0.25) is 0 Å². The lowest BCUT2D eigenvalue weighted by Crippen LogP contribution is -2.54. The van der Waals surface area contributed by atoms with Crippen molar-refractivity contribution in [1.29, 1.82) is 0 Å². The van der Waals surface area contributed by atoms with Crippen LogP contribution in [-0.4, -0.2) is 65.5 Å². The molecular weight excluding hydrogens is 349 g/mol. The van der Waals surface area contributed by atoms with E-state index in [0.29, 0.717) is 38.3 Å². The zero-order valence-electron chi connectivity index (χ0n) is 13.4. The minimum Gasteiger partial charge on any atom is -0.368 e. The molecule has 0 bridgehead atoms. The molecule has 0 aliphatic carbocycles. The lowest BCUT2D eigenvalue weighted by atomic mass is 10.1. The zero-order valence-corrected chi connectivity index (χ0v) is 14.2. The average Bonchev–Trinajstić information content (AvgIpc) is 2.91. The summed E-state index contributed by atoms with van der Waals surface area (Å²) in [7, 11) is 0. The van der Waals surface area contributed by atoms with Gasteiger partial charge in [0.05, 0.1) is 22.5 Å². The van der Waals surface area contributed by atoms with Crippen molar-refractivity contribution < 1.29 is 18.7 Å². The van der Waals surface area contributed by atoms with Crippen molar-refractivity contribution in [1.82, 2.24) is 14.8 Å². The van der Waals surface area contributed by atoms with Crippen molar-refractivity contribution in [2.45, 2.75) is 12.5 Å². The smallest absolute Gasteiger partial charge is 0.273 e. The fourth-order valence-corrected chi connectivity index (χ4v) is 3.49. The second-order valence-corrected chi connectivity index (χ2v) is 6.65. The van der Waals surface area contributed by atoms with E-state index in [9.17, 15) is 14.0 Å². The van der Waals surface area contributed by atoms with E-state index in [1.54, 1.807) is 28.0 Å². The molecule has 0 radical (unpaired) electrons. The number of ether oxygens (including phenoxy) is 1.